The summed E-state index contributed by atoms with van der Waals surface area (Å²) in [4.78, 5) is 28.7. The number of rotatable bonds is 6. The number of thiophene rings is 1. The maximum absolute atomic E-state index is 16.0. The van der Waals surface area contributed by atoms with Crippen LogP contribution >= 0.6 is 11.3 Å². The van der Waals surface area contributed by atoms with Gasteiger partial charge in [-0.1, -0.05) is 6.92 Å². The zero-order valence-electron chi connectivity index (χ0n) is 19.2. The number of halogens is 1. The molecule has 1 aromatic carbocycles. The van der Waals surface area contributed by atoms with Crippen LogP contribution in [-0.4, -0.2) is 36.0 Å². The number of fused-ring (bicyclic) bond motifs is 2. The van der Waals surface area contributed by atoms with Gasteiger partial charge in [-0.2, -0.15) is 16.4 Å². The number of benzene rings is 1. The second-order valence-electron chi connectivity index (χ2n) is 8.34. The number of aromatic amines is 2. The van der Waals surface area contributed by atoms with Crippen LogP contribution in [0.25, 0.3) is 55.8 Å². The van der Waals surface area contributed by atoms with Crippen molar-refractivity contribution in [3.05, 3.63) is 65.5 Å². The molecule has 0 atom stereocenters. The van der Waals surface area contributed by atoms with E-state index in [9.17, 15) is 4.79 Å². The van der Waals surface area contributed by atoms with Gasteiger partial charge in [0.15, 0.2) is 5.82 Å². The number of imidazole rings is 1. The molecular weight excluding hydrogens is 477 g/mol. The molecule has 0 fully saturated rings. The van der Waals surface area contributed by atoms with Crippen molar-refractivity contribution in [1.82, 2.24) is 30.1 Å². The third-order valence-electron chi connectivity index (χ3n) is 5.90. The van der Waals surface area contributed by atoms with Gasteiger partial charge < -0.3 is 10.3 Å². The Kier molecular flexibility index (Phi) is 5.49. The Morgan fingerprint density at radius 3 is 2.86 bits per heavy atom. The summed E-state index contributed by atoms with van der Waals surface area (Å²) in [6, 6.07) is 8.98. The molecule has 0 aliphatic heterocycles. The Morgan fingerprint density at radius 1 is 1.11 bits per heavy atom. The van der Waals surface area contributed by atoms with Gasteiger partial charge in [0.1, 0.15) is 17.0 Å². The van der Waals surface area contributed by atoms with Crippen LogP contribution in [0.1, 0.15) is 19.8 Å². The average molecular weight is 498 g/mol. The Morgan fingerprint density at radius 2 is 2.03 bits per heavy atom. The molecule has 3 N–H and O–H groups in total. The van der Waals surface area contributed by atoms with Gasteiger partial charge in [0.25, 0.3) is 0 Å². The van der Waals surface area contributed by atoms with Crippen molar-refractivity contribution < 1.29 is 9.18 Å². The van der Waals surface area contributed by atoms with Crippen molar-refractivity contribution in [1.29, 1.82) is 0 Å². The van der Waals surface area contributed by atoms with E-state index in [1.807, 2.05) is 29.8 Å². The minimum Gasteiger partial charge on any atom is -0.336 e. The van der Waals surface area contributed by atoms with Gasteiger partial charge in [0.2, 0.25) is 5.91 Å². The van der Waals surface area contributed by atoms with E-state index in [2.05, 4.69) is 30.5 Å². The van der Waals surface area contributed by atoms with Crippen molar-refractivity contribution in [2.75, 3.05) is 5.32 Å². The minimum atomic E-state index is -0.452. The Balaban J connectivity index is 1.44. The molecule has 0 saturated carbocycles. The highest BCUT2D eigenvalue weighted by Crippen LogP contribution is 2.35. The van der Waals surface area contributed by atoms with Gasteiger partial charge in [-0.15, -0.1) is 0 Å². The molecule has 0 aliphatic rings. The monoisotopic (exact) mass is 497 g/mol. The van der Waals surface area contributed by atoms with Gasteiger partial charge in [-0.25, -0.2) is 9.37 Å². The summed E-state index contributed by atoms with van der Waals surface area (Å²) in [7, 11) is 0. The number of aromatic nitrogens is 6. The largest absolute Gasteiger partial charge is 0.336 e. The SMILES string of the molecule is CCCC(=O)Nc1cncc(-c2ccc3[nH]nc(-c4nc5c(-c6ccsc6)nccc5[nH]4)c3c2F)c1. The Bertz CT molecular complexity index is 1720. The molecule has 10 heteroatoms. The Labute approximate surface area is 208 Å². The average Bonchev–Trinajstić information content (AvgIpc) is 3.63. The third-order valence-corrected chi connectivity index (χ3v) is 6.58. The summed E-state index contributed by atoms with van der Waals surface area (Å²) in [6.07, 6.45) is 5.98. The fourth-order valence-corrected chi connectivity index (χ4v) is 4.87. The molecule has 36 heavy (non-hydrogen) atoms. The highest BCUT2D eigenvalue weighted by molar-refractivity contribution is 7.08. The van der Waals surface area contributed by atoms with Crippen LogP contribution in [0, 0.1) is 5.82 Å². The molecule has 8 nitrogen and oxygen atoms in total. The number of pyridine rings is 2. The fraction of sp³-hybridized carbons (Fsp3) is 0.115. The second kappa shape index (κ2) is 8.97. The van der Waals surface area contributed by atoms with Gasteiger partial charge in [-0.05, 0) is 42.1 Å². The molecule has 6 rings (SSSR count). The summed E-state index contributed by atoms with van der Waals surface area (Å²) in [5, 5.41) is 14.4. The van der Waals surface area contributed by atoms with Crippen molar-refractivity contribution in [3.63, 3.8) is 0 Å². The summed E-state index contributed by atoms with van der Waals surface area (Å²) < 4.78 is 16.0. The van der Waals surface area contributed by atoms with Gasteiger partial charge >= 0.3 is 0 Å². The van der Waals surface area contributed by atoms with Crippen LogP contribution in [0.3, 0.4) is 0 Å². The first kappa shape index (κ1) is 22.1. The van der Waals surface area contributed by atoms with Crippen LogP contribution < -0.4 is 5.32 Å². The van der Waals surface area contributed by atoms with E-state index in [0.717, 1.165) is 23.2 Å². The van der Waals surface area contributed by atoms with Gasteiger partial charge in [0.05, 0.1) is 34.0 Å². The van der Waals surface area contributed by atoms with E-state index < -0.39 is 5.82 Å². The van der Waals surface area contributed by atoms with Crippen molar-refractivity contribution in [3.8, 4) is 33.9 Å². The van der Waals surface area contributed by atoms with E-state index in [1.54, 1.807) is 48.1 Å². The number of nitrogens with zero attached hydrogens (tertiary/aromatic N) is 4. The molecule has 5 aromatic heterocycles. The zero-order chi connectivity index (χ0) is 24.6. The summed E-state index contributed by atoms with van der Waals surface area (Å²) in [5.74, 6) is -0.118. The lowest BCUT2D eigenvalue weighted by Crippen LogP contribution is -2.10. The first-order valence-electron chi connectivity index (χ1n) is 11.4. The molecule has 0 saturated heterocycles. The maximum atomic E-state index is 16.0. The number of amides is 1. The molecule has 0 unspecified atom stereocenters. The molecule has 0 bridgehead atoms. The van der Waals surface area contributed by atoms with Crippen LogP contribution in [0.5, 0.6) is 0 Å². The molecule has 178 valence electrons. The van der Waals surface area contributed by atoms with E-state index in [4.69, 9.17) is 4.98 Å². The highest BCUT2D eigenvalue weighted by atomic mass is 32.1. The predicted molar refractivity (Wildman–Crippen MR) is 139 cm³/mol. The number of hydrogen-bond acceptors (Lipinski definition) is 6. The van der Waals surface area contributed by atoms with Gasteiger partial charge in [0, 0.05) is 40.9 Å². The fourth-order valence-electron chi connectivity index (χ4n) is 4.23. The second-order valence-corrected chi connectivity index (χ2v) is 9.12. The molecule has 0 aliphatic carbocycles. The molecular formula is C26H20FN7OS. The maximum Gasteiger partial charge on any atom is 0.224 e. The number of carbonyl (C=O) groups is 1. The lowest BCUT2D eigenvalue weighted by Gasteiger charge is -2.08. The number of H-pyrrole nitrogens is 2. The summed E-state index contributed by atoms with van der Waals surface area (Å²) >= 11 is 1.58. The zero-order valence-corrected chi connectivity index (χ0v) is 20.0. The smallest absolute Gasteiger partial charge is 0.224 e. The standard InChI is InChI=1S/C26H20FN7OS/c1-2-3-20(35)30-16-10-15(11-28-12-16)17-4-5-18-21(22(17)27)25(34-33-18)26-31-19-6-8-29-23(24(19)32-26)14-7-9-36-13-14/h4-13H,2-3H2,1H3,(H,30,35)(H,31,32)(H,33,34). The molecule has 6 aromatic rings. The van der Waals surface area contributed by atoms with E-state index in [1.165, 1.54) is 0 Å². The van der Waals surface area contributed by atoms with Crippen LogP contribution in [0.4, 0.5) is 10.1 Å². The van der Waals surface area contributed by atoms with Crippen molar-refractivity contribution in [2.24, 2.45) is 0 Å². The highest BCUT2D eigenvalue weighted by Gasteiger charge is 2.21. The minimum absolute atomic E-state index is 0.106. The molecule has 0 radical (unpaired) electrons. The quantitative estimate of drug-likeness (QED) is 0.255. The third kappa shape index (κ3) is 3.81. The normalized spacial score (nSPS) is 11.4. The van der Waals surface area contributed by atoms with E-state index >= 15 is 4.39 Å². The lowest BCUT2D eigenvalue weighted by atomic mass is 10.0. The predicted octanol–water partition coefficient (Wildman–Crippen LogP) is 6.17. The Hall–Kier alpha value is -4.44. The number of nitrogens with one attached hydrogen (secondary N) is 3. The van der Waals surface area contributed by atoms with E-state index in [-0.39, 0.29) is 5.91 Å². The number of anilines is 1. The van der Waals surface area contributed by atoms with Crippen molar-refractivity contribution in [2.45, 2.75) is 19.8 Å². The molecule has 1 amide bonds. The summed E-state index contributed by atoms with van der Waals surface area (Å²) in [6.45, 7) is 1.93. The first-order valence-corrected chi connectivity index (χ1v) is 12.4. The van der Waals surface area contributed by atoms with E-state index in [0.29, 0.717) is 51.2 Å². The molecule has 0 spiro atoms. The summed E-state index contributed by atoms with van der Waals surface area (Å²) in [5.41, 5.74) is 5.54. The lowest BCUT2D eigenvalue weighted by molar-refractivity contribution is -0.116. The first-order chi connectivity index (χ1) is 17.6. The van der Waals surface area contributed by atoms with Gasteiger partial charge in [-0.3, -0.25) is 19.9 Å². The van der Waals surface area contributed by atoms with Crippen LogP contribution in [0.2, 0.25) is 0 Å². The number of hydrogen-bond donors (Lipinski definition) is 3. The molecule has 5 heterocycles. The topological polar surface area (TPSA) is 112 Å². The number of carbonyl (C=O) groups excluding carboxylic acids is 1. The van der Waals surface area contributed by atoms with Crippen molar-refractivity contribution >= 4 is 44.9 Å². The van der Waals surface area contributed by atoms with Crippen LogP contribution in [-0.2, 0) is 4.79 Å². The van der Waals surface area contributed by atoms with Crippen LogP contribution in [0.15, 0.2) is 59.7 Å².